The van der Waals surface area contributed by atoms with Gasteiger partial charge in [0.1, 0.15) is 5.75 Å². The van der Waals surface area contributed by atoms with Crippen LogP contribution in [0.1, 0.15) is 6.92 Å². The van der Waals surface area contributed by atoms with Gasteiger partial charge in [-0.1, -0.05) is 12.1 Å². The topological polar surface area (TPSA) is 79.5 Å². The van der Waals surface area contributed by atoms with Gasteiger partial charge in [0.2, 0.25) is 5.91 Å². The van der Waals surface area contributed by atoms with Crippen LogP contribution in [0.15, 0.2) is 24.3 Å². The monoisotopic (exact) mass is 251 g/mol. The summed E-state index contributed by atoms with van der Waals surface area (Å²) in [6.45, 7) is 2.24. The summed E-state index contributed by atoms with van der Waals surface area (Å²) >= 11 is 0. The zero-order valence-corrected chi connectivity index (χ0v) is 10.4. The lowest BCUT2D eigenvalue weighted by Gasteiger charge is -2.10. The Hall–Kier alpha value is -2.24. The van der Waals surface area contributed by atoms with E-state index in [1.54, 1.807) is 26.2 Å². The van der Waals surface area contributed by atoms with Gasteiger partial charge in [-0.15, -0.1) is 0 Å². The molecule has 3 N–H and O–H groups in total. The zero-order chi connectivity index (χ0) is 13.4. The number of hydrogen-bond donors (Lipinski definition) is 3. The number of methoxy groups -OCH3 is 1. The first-order valence-corrected chi connectivity index (χ1v) is 5.62. The number of nitrogens with one attached hydrogen (secondary N) is 3. The van der Waals surface area contributed by atoms with Gasteiger partial charge in [-0.3, -0.25) is 10.1 Å². The molecule has 0 atom stereocenters. The molecule has 0 fully saturated rings. The minimum Gasteiger partial charge on any atom is -0.495 e. The minimum absolute atomic E-state index is 0.00247. The summed E-state index contributed by atoms with van der Waals surface area (Å²) in [5.74, 6) is 0.232. The van der Waals surface area contributed by atoms with E-state index in [1.165, 1.54) is 0 Å². The minimum atomic E-state index is -0.496. The van der Waals surface area contributed by atoms with E-state index in [4.69, 9.17) is 4.74 Å². The van der Waals surface area contributed by atoms with Crippen molar-refractivity contribution in [1.29, 1.82) is 0 Å². The molecular formula is C12H17N3O3. The van der Waals surface area contributed by atoms with E-state index < -0.39 is 11.9 Å². The van der Waals surface area contributed by atoms with Gasteiger partial charge >= 0.3 is 6.03 Å². The quantitative estimate of drug-likeness (QED) is 0.728. The molecular weight excluding hydrogens is 234 g/mol. The first-order chi connectivity index (χ1) is 8.67. The fourth-order valence-electron chi connectivity index (χ4n) is 1.34. The van der Waals surface area contributed by atoms with E-state index in [-0.39, 0.29) is 6.54 Å². The van der Waals surface area contributed by atoms with Gasteiger partial charge in [-0.2, -0.15) is 0 Å². The molecule has 1 aromatic rings. The summed E-state index contributed by atoms with van der Waals surface area (Å²) in [6.07, 6.45) is 0. The third-order valence-electron chi connectivity index (χ3n) is 2.14. The van der Waals surface area contributed by atoms with E-state index >= 15 is 0 Å². The lowest BCUT2D eigenvalue weighted by molar-refractivity contribution is -0.118. The molecule has 1 aromatic carbocycles. The van der Waals surface area contributed by atoms with Crippen LogP contribution in [0, 0.1) is 0 Å². The van der Waals surface area contributed by atoms with Crippen molar-refractivity contribution in [3.05, 3.63) is 24.3 Å². The molecule has 0 aliphatic rings. The molecule has 0 saturated heterocycles. The molecule has 0 aliphatic carbocycles. The van der Waals surface area contributed by atoms with Crippen molar-refractivity contribution < 1.29 is 14.3 Å². The summed E-state index contributed by atoms with van der Waals surface area (Å²) in [5.41, 5.74) is 0.700. The van der Waals surface area contributed by atoms with Crippen LogP contribution in [0.4, 0.5) is 10.5 Å². The van der Waals surface area contributed by atoms with Crippen molar-refractivity contribution in [2.24, 2.45) is 0 Å². The Morgan fingerprint density at radius 3 is 2.67 bits per heavy atom. The van der Waals surface area contributed by atoms with Crippen LogP contribution in [-0.2, 0) is 4.79 Å². The highest BCUT2D eigenvalue weighted by atomic mass is 16.5. The molecule has 0 aliphatic heterocycles. The Kier molecular flexibility index (Phi) is 5.50. The number of hydrogen-bond acceptors (Lipinski definition) is 4. The Morgan fingerprint density at radius 1 is 1.28 bits per heavy atom. The predicted molar refractivity (Wildman–Crippen MR) is 68.7 cm³/mol. The van der Waals surface area contributed by atoms with E-state index in [0.717, 1.165) is 0 Å². The summed E-state index contributed by atoms with van der Waals surface area (Å²) in [7, 11) is 1.55. The second-order valence-corrected chi connectivity index (χ2v) is 3.46. The maximum absolute atomic E-state index is 11.4. The molecule has 0 aromatic heterocycles. The van der Waals surface area contributed by atoms with Gasteiger partial charge in [-0.25, -0.2) is 4.79 Å². The van der Waals surface area contributed by atoms with Crippen LogP contribution < -0.4 is 20.7 Å². The number of amides is 3. The number of urea groups is 1. The molecule has 0 heterocycles. The van der Waals surface area contributed by atoms with E-state index in [2.05, 4.69) is 16.0 Å². The van der Waals surface area contributed by atoms with Crippen LogP contribution in [0.25, 0.3) is 0 Å². The average Bonchev–Trinajstić information content (AvgIpc) is 2.37. The van der Waals surface area contributed by atoms with Crippen LogP contribution in [-0.4, -0.2) is 32.1 Å². The molecule has 6 nitrogen and oxygen atoms in total. The van der Waals surface area contributed by atoms with Gasteiger partial charge in [0.25, 0.3) is 0 Å². The van der Waals surface area contributed by atoms with Crippen LogP contribution in [0.5, 0.6) is 5.75 Å². The number of anilines is 1. The first kappa shape index (κ1) is 13.8. The molecule has 18 heavy (non-hydrogen) atoms. The Balaban J connectivity index is 2.45. The van der Waals surface area contributed by atoms with Crippen molar-refractivity contribution in [1.82, 2.24) is 10.6 Å². The lowest BCUT2D eigenvalue weighted by atomic mass is 10.3. The molecule has 0 bridgehead atoms. The molecule has 6 heteroatoms. The van der Waals surface area contributed by atoms with Crippen molar-refractivity contribution >= 4 is 17.6 Å². The number of benzene rings is 1. The fraction of sp³-hybridized carbons (Fsp3) is 0.333. The smallest absolute Gasteiger partial charge is 0.321 e. The van der Waals surface area contributed by atoms with Gasteiger partial charge in [-0.05, 0) is 19.1 Å². The van der Waals surface area contributed by atoms with Gasteiger partial charge in [0.05, 0.1) is 19.3 Å². The average molecular weight is 251 g/mol. The third kappa shape index (κ3) is 4.32. The van der Waals surface area contributed by atoms with E-state index in [9.17, 15) is 9.59 Å². The normalized spacial score (nSPS) is 9.44. The molecule has 0 saturated carbocycles. The summed E-state index contributed by atoms with van der Waals surface area (Å²) in [5, 5.41) is 7.56. The zero-order valence-electron chi connectivity index (χ0n) is 10.4. The summed E-state index contributed by atoms with van der Waals surface area (Å²) in [4.78, 5) is 22.5. The maximum atomic E-state index is 11.4. The Bertz CT molecular complexity index is 421. The largest absolute Gasteiger partial charge is 0.495 e. The SMILES string of the molecule is CCNC(=O)NC(=O)CNc1ccccc1OC. The number of imide groups is 1. The summed E-state index contributed by atoms with van der Waals surface area (Å²) in [6, 6.07) is 6.73. The second-order valence-electron chi connectivity index (χ2n) is 3.46. The van der Waals surface area contributed by atoms with Crippen molar-refractivity contribution in [2.45, 2.75) is 6.92 Å². The Labute approximate surface area is 106 Å². The Morgan fingerprint density at radius 2 is 2.00 bits per heavy atom. The lowest BCUT2D eigenvalue weighted by Crippen LogP contribution is -2.41. The number of carbonyl (C=O) groups excluding carboxylic acids is 2. The fourth-order valence-corrected chi connectivity index (χ4v) is 1.34. The van der Waals surface area contributed by atoms with Gasteiger partial charge in [0, 0.05) is 6.54 Å². The van der Waals surface area contributed by atoms with Crippen LogP contribution >= 0.6 is 0 Å². The molecule has 0 spiro atoms. The van der Waals surface area contributed by atoms with Crippen molar-refractivity contribution in [3.8, 4) is 5.75 Å². The number of ether oxygens (including phenoxy) is 1. The van der Waals surface area contributed by atoms with E-state index in [0.29, 0.717) is 18.0 Å². The van der Waals surface area contributed by atoms with Gasteiger partial charge in [0.15, 0.2) is 0 Å². The third-order valence-corrected chi connectivity index (χ3v) is 2.14. The number of para-hydroxylation sites is 2. The second kappa shape index (κ2) is 7.16. The van der Waals surface area contributed by atoms with Crippen LogP contribution in [0.2, 0.25) is 0 Å². The standard InChI is InChI=1S/C12H17N3O3/c1-3-13-12(17)15-11(16)8-14-9-6-4-5-7-10(9)18-2/h4-7,14H,3,8H2,1-2H3,(H2,13,15,16,17). The molecule has 0 unspecified atom stereocenters. The van der Waals surface area contributed by atoms with E-state index in [1.807, 2.05) is 12.1 Å². The highest BCUT2D eigenvalue weighted by Crippen LogP contribution is 2.22. The maximum Gasteiger partial charge on any atom is 0.321 e. The first-order valence-electron chi connectivity index (χ1n) is 5.62. The predicted octanol–water partition coefficient (Wildman–Crippen LogP) is 0.953. The summed E-state index contributed by atoms with van der Waals surface area (Å²) < 4.78 is 5.12. The molecule has 98 valence electrons. The molecule has 3 amide bonds. The molecule has 1 rings (SSSR count). The van der Waals surface area contributed by atoms with Crippen molar-refractivity contribution in [3.63, 3.8) is 0 Å². The highest BCUT2D eigenvalue weighted by Gasteiger charge is 2.07. The number of rotatable bonds is 5. The molecule has 0 radical (unpaired) electrons. The van der Waals surface area contributed by atoms with Crippen molar-refractivity contribution in [2.75, 3.05) is 25.5 Å². The highest BCUT2D eigenvalue weighted by molar-refractivity contribution is 5.96. The van der Waals surface area contributed by atoms with Gasteiger partial charge < -0.3 is 15.4 Å². The number of carbonyl (C=O) groups is 2. The van der Waals surface area contributed by atoms with Crippen LogP contribution in [0.3, 0.4) is 0 Å².